The minimum absolute atomic E-state index is 0.638. The summed E-state index contributed by atoms with van der Waals surface area (Å²) in [6, 6.07) is 3.90. The Bertz CT molecular complexity index is 586. The first-order chi connectivity index (χ1) is 9.34. The van der Waals surface area contributed by atoms with Gasteiger partial charge in [0.1, 0.15) is 0 Å². The van der Waals surface area contributed by atoms with Crippen molar-refractivity contribution in [3.8, 4) is 11.4 Å². The number of pyridine rings is 1. The van der Waals surface area contributed by atoms with Gasteiger partial charge in [-0.05, 0) is 43.1 Å². The van der Waals surface area contributed by atoms with Gasteiger partial charge >= 0.3 is 0 Å². The normalized spacial score (nSPS) is 18.8. The maximum Gasteiger partial charge on any atom is 0.195 e. The van der Waals surface area contributed by atoms with Gasteiger partial charge < -0.3 is 9.30 Å². The zero-order chi connectivity index (χ0) is 13.1. The topological polar surface area (TPSA) is 55.7 Å². The molecule has 0 amide bonds. The molecular formula is C13H16N4OS. The van der Waals surface area contributed by atoms with Gasteiger partial charge in [-0.25, -0.2) is 0 Å². The molecule has 1 N–H and O–H groups in total. The highest BCUT2D eigenvalue weighted by Crippen LogP contribution is 2.20. The van der Waals surface area contributed by atoms with Crippen molar-refractivity contribution < 1.29 is 4.74 Å². The van der Waals surface area contributed by atoms with Crippen LogP contribution in [0.5, 0.6) is 0 Å². The van der Waals surface area contributed by atoms with E-state index < -0.39 is 0 Å². The van der Waals surface area contributed by atoms with E-state index in [0.717, 1.165) is 44.0 Å². The zero-order valence-electron chi connectivity index (χ0n) is 10.6. The average Bonchev–Trinajstić information content (AvgIpc) is 3.07. The number of aromatic amines is 1. The Kier molecular flexibility index (Phi) is 3.70. The van der Waals surface area contributed by atoms with E-state index in [0.29, 0.717) is 10.7 Å². The molecule has 1 unspecified atom stereocenters. The van der Waals surface area contributed by atoms with Crippen molar-refractivity contribution in [2.45, 2.75) is 19.4 Å². The highest BCUT2D eigenvalue weighted by molar-refractivity contribution is 7.71. The molecule has 100 valence electrons. The Labute approximate surface area is 116 Å². The van der Waals surface area contributed by atoms with Crippen molar-refractivity contribution in [2.75, 3.05) is 13.2 Å². The van der Waals surface area contributed by atoms with Crippen molar-refractivity contribution in [1.82, 2.24) is 19.7 Å². The molecule has 0 aromatic carbocycles. The third-order valence-electron chi connectivity index (χ3n) is 3.46. The van der Waals surface area contributed by atoms with E-state index in [4.69, 9.17) is 17.0 Å². The van der Waals surface area contributed by atoms with Crippen LogP contribution in [0.2, 0.25) is 0 Å². The minimum Gasteiger partial charge on any atom is -0.381 e. The van der Waals surface area contributed by atoms with Gasteiger partial charge in [0.2, 0.25) is 0 Å². The van der Waals surface area contributed by atoms with E-state index in [1.165, 1.54) is 0 Å². The van der Waals surface area contributed by atoms with Crippen LogP contribution in [0.25, 0.3) is 11.4 Å². The maximum absolute atomic E-state index is 5.40. The van der Waals surface area contributed by atoms with Crippen LogP contribution < -0.4 is 0 Å². The summed E-state index contributed by atoms with van der Waals surface area (Å²) in [7, 11) is 0. The Morgan fingerprint density at radius 3 is 3.21 bits per heavy atom. The highest BCUT2D eigenvalue weighted by Gasteiger charge is 2.17. The van der Waals surface area contributed by atoms with Crippen LogP contribution in [0, 0.1) is 10.7 Å². The van der Waals surface area contributed by atoms with Gasteiger partial charge in [-0.15, -0.1) is 0 Å². The fourth-order valence-corrected chi connectivity index (χ4v) is 2.59. The lowest BCUT2D eigenvalue weighted by molar-refractivity contribution is 0.183. The lowest BCUT2D eigenvalue weighted by atomic mass is 10.1. The van der Waals surface area contributed by atoms with Gasteiger partial charge in [0.05, 0.1) is 0 Å². The number of rotatable bonds is 4. The van der Waals surface area contributed by atoms with Gasteiger partial charge in [-0.1, -0.05) is 0 Å². The molecule has 2 aromatic heterocycles. The predicted molar refractivity (Wildman–Crippen MR) is 74.2 cm³/mol. The van der Waals surface area contributed by atoms with E-state index in [9.17, 15) is 0 Å². The summed E-state index contributed by atoms with van der Waals surface area (Å²) >= 11 is 5.31. The van der Waals surface area contributed by atoms with Crippen LogP contribution in [0.3, 0.4) is 0 Å². The second kappa shape index (κ2) is 5.63. The van der Waals surface area contributed by atoms with Gasteiger partial charge in [-0.2, -0.15) is 5.10 Å². The van der Waals surface area contributed by atoms with Crippen molar-refractivity contribution in [3.05, 3.63) is 29.3 Å². The first kappa shape index (κ1) is 12.5. The number of hydrogen-bond donors (Lipinski definition) is 1. The van der Waals surface area contributed by atoms with Crippen molar-refractivity contribution in [3.63, 3.8) is 0 Å². The fraction of sp³-hybridized carbons (Fsp3) is 0.462. The van der Waals surface area contributed by atoms with Crippen LogP contribution in [0.15, 0.2) is 24.5 Å². The van der Waals surface area contributed by atoms with E-state index in [1.807, 2.05) is 16.7 Å². The lowest BCUT2D eigenvalue weighted by Crippen LogP contribution is -2.07. The van der Waals surface area contributed by atoms with E-state index in [2.05, 4.69) is 15.2 Å². The van der Waals surface area contributed by atoms with Crippen molar-refractivity contribution in [2.24, 2.45) is 5.92 Å². The molecule has 0 saturated carbocycles. The second-order valence-electron chi connectivity index (χ2n) is 4.76. The van der Waals surface area contributed by atoms with E-state index >= 15 is 0 Å². The van der Waals surface area contributed by atoms with Crippen molar-refractivity contribution >= 4 is 12.2 Å². The summed E-state index contributed by atoms with van der Waals surface area (Å²) in [4.78, 5) is 4.13. The predicted octanol–water partition coefficient (Wildman–Crippen LogP) is 2.43. The third kappa shape index (κ3) is 2.74. The molecule has 1 saturated heterocycles. The first-order valence-electron chi connectivity index (χ1n) is 6.48. The SMILES string of the molecule is S=c1[nH]nc(-c2cccnc2)n1CCC1CCOC1. The first-order valence-corrected chi connectivity index (χ1v) is 6.89. The molecule has 5 nitrogen and oxygen atoms in total. The number of hydrogen-bond acceptors (Lipinski definition) is 4. The Morgan fingerprint density at radius 2 is 2.47 bits per heavy atom. The molecule has 1 aliphatic heterocycles. The third-order valence-corrected chi connectivity index (χ3v) is 3.77. The van der Waals surface area contributed by atoms with Crippen LogP contribution in [0.1, 0.15) is 12.8 Å². The number of ether oxygens (including phenoxy) is 1. The quantitative estimate of drug-likeness (QED) is 0.871. The summed E-state index contributed by atoms with van der Waals surface area (Å²) in [6.45, 7) is 2.62. The molecular weight excluding hydrogens is 260 g/mol. The summed E-state index contributed by atoms with van der Waals surface area (Å²) in [6.07, 6.45) is 5.78. The monoisotopic (exact) mass is 276 g/mol. The Morgan fingerprint density at radius 1 is 1.53 bits per heavy atom. The minimum atomic E-state index is 0.638. The number of aromatic nitrogens is 4. The fourth-order valence-electron chi connectivity index (χ4n) is 2.36. The van der Waals surface area contributed by atoms with Gasteiger partial charge in [-0.3, -0.25) is 10.1 Å². The van der Waals surface area contributed by atoms with Crippen LogP contribution in [-0.4, -0.2) is 33.0 Å². The van der Waals surface area contributed by atoms with E-state index in [1.54, 1.807) is 12.4 Å². The molecule has 3 heterocycles. The van der Waals surface area contributed by atoms with Gasteiger partial charge in [0.15, 0.2) is 10.6 Å². The number of nitrogens with zero attached hydrogens (tertiary/aromatic N) is 3. The zero-order valence-corrected chi connectivity index (χ0v) is 11.4. The van der Waals surface area contributed by atoms with Crippen LogP contribution >= 0.6 is 12.2 Å². The summed E-state index contributed by atoms with van der Waals surface area (Å²) in [5.41, 5.74) is 0.984. The molecule has 2 aromatic rings. The lowest BCUT2D eigenvalue weighted by Gasteiger charge is -2.10. The number of H-pyrrole nitrogens is 1. The molecule has 1 aliphatic rings. The molecule has 0 bridgehead atoms. The molecule has 1 atom stereocenters. The smallest absolute Gasteiger partial charge is 0.195 e. The summed E-state index contributed by atoms with van der Waals surface area (Å²) in [5.74, 6) is 1.50. The average molecular weight is 276 g/mol. The van der Waals surface area contributed by atoms with Crippen LogP contribution in [-0.2, 0) is 11.3 Å². The second-order valence-corrected chi connectivity index (χ2v) is 5.15. The van der Waals surface area contributed by atoms with Gasteiger partial charge in [0, 0.05) is 37.7 Å². The Hall–Kier alpha value is -1.53. The Balaban J connectivity index is 1.80. The molecule has 6 heteroatoms. The molecule has 3 rings (SSSR count). The highest BCUT2D eigenvalue weighted by atomic mass is 32.1. The van der Waals surface area contributed by atoms with Crippen LogP contribution in [0.4, 0.5) is 0 Å². The molecule has 0 aliphatic carbocycles. The molecule has 19 heavy (non-hydrogen) atoms. The molecule has 0 spiro atoms. The van der Waals surface area contributed by atoms with Gasteiger partial charge in [0.25, 0.3) is 0 Å². The standard InChI is InChI=1S/C13H16N4OS/c19-13-16-15-12(11-2-1-5-14-8-11)17(13)6-3-10-4-7-18-9-10/h1-2,5,8,10H,3-4,6-7,9H2,(H,16,19). The van der Waals surface area contributed by atoms with Crippen molar-refractivity contribution in [1.29, 1.82) is 0 Å². The maximum atomic E-state index is 5.40. The largest absolute Gasteiger partial charge is 0.381 e. The molecule has 1 fully saturated rings. The molecule has 0 radical (unpaired) electrons. The van der Waals surface area contributed by atoms with E-state index in [-0.39, 0.29) is 0 Å². The summed E-state index contributed by atoms with van der Waals surface area (Å²) < 4.78 is 8.11. The number of nitrogens with one attached hydrogen (secondary N) is 1. The summed E-state index contributed by atoms with van der Waals surface area (Å²) in [5, 5.41) is 7.17.